The molecule has 0 aliphatic carbocycles. The van der Waals surface area contributed by atoms with Gasteiger partial charge in [-0.15, -0.1) is 0 Å². The summed E-state index contributed by atoms with van der Waals surface area (Å²) in [6.07, 6.45) is 1.22. The fraction of sp³-hybridized carbons (Fsp3) is 0.455. The lowest BCUT2D eigenvalue weighted by atomic mass is 10.1. The van der Waals surface area contributed by atoms with Crippen LogP contribution in [0.1, 0.15) is 20.3 Å². The number of rotatable bonds is 6. The molecule has 1 aromatic rings. The van der Waals surface area contributed by atoms with E-state index in [-0.39, 0.29) is 12.3 Å². The van der Waals surface area contributed by atoms with Crippen LogP contribution >= 0.6 is 0 Å². The molecule has 106 valence electrons. The predicted octanol–water partition coefficient (Wildman–Crippen LogP) is 0.998. The van der Waals surface area contributed by atoms with Crippen LogP contribution in [0.5, 0.6) is 0 Å². The minimum Gasteiger partial charge on any atom is -0.480 e. The van der Waals surface area contributed by atoms with Gasteiger partial charge in [0.05, 0.1) is 0 Å². The number of aromatic nitrogens is 1. The van der Waals surface area contributed by atoms with Crippen molar-refractivity contribution < 1.29 is 22.7 Å². The van der Waals surface area contributed by atoms with Crippen LogP contribution in [0.4, 0.5) is 4.39 Å². The van der Waals surface area contributed by atoms with E-state index in [9.17, 15) is 17.6 Å². The van der Waals surface area contributed by atoms with Gasteiger partial charge in [-0.3, -0.25) is 4.79 Å². The van der Waals surface area contributed by atoms with Gasteiger partial charge in [0.25, 0.3) is 10.0 Å². The molecule has 0 radical (unpaired) electrons. The van der Waals surface area contributed by atoms with Crippen LogP contribution in [0.3, 0.4) is 0 Å². The van der Waals surface area contributed by atoms with E-state index in [1.165, 1.54) is 6.07 Å². The van der Waals surface area contributed by atoms with Gasteiger partial charge >= 0.3 is 5.97 Å². The molecule has 1 rings (SSSR count). The number of hydrogen-bond donors (Lipinski definition) is 2. The zero-order valence-corrected chi connectivity index (χ0v) is 11.3. The Balaban J connectivity index is 3.01. The molecule has 0 saturated heterocycles. The molecule has 1 atom stereocenters. The van der Waals surface area contributed by atoms with Crippen molar-refractivity contribution in [3.63, 3.8) is 0 Å². The molecule has 2 N–H and O–H groups in total. The fourth-order valence-corrected chi connectivity index (χ4v) is 2.69. The largest absolute Gasteiger partial charge is 0.480 e. The smallest absolute Gasteiger partial charge is 0.321 e. The maximum Gasteiger partial charge on any atom is 0.321 e. The number of carboxylic acids is 1. The molecular weight excluding hydrogens is 275 g/mol. The zero-order chi connectivity index (χ0) is 14.6. The van der Waals surface area contributed by atoms with Crippen LogP contribution in [-0.4, -0.2) is 30.5 Å². The predicted molar refractivity (Wildman–Crippen MR) is 65.4 cm³/mol. The van der Waals surface area contributed by atoms with Crippen LogP contribution in [-0.2, 0) is 14.8 Å². The first-order valence-corrected chi connectivity index (χ1v) is 7.08. The Morgan fingerprint density at radius 3 is 2.63 bits per heavy atom. The van der Waals surface area contributed by atoms with Gasteiger partial charge in [0.2, 0.25) is 5.03 Å². The van der Waals surface area contributed by atoms with Crippen LogP contribution in [0.15, 0.2) is 23.4 Å². The van der Waals surface area contributed by atoms with E-state index in [1.54, 1.807) is 13.8 Å². The Morgan fingerprint density at radius 2 is 2.16 bits per heavy atom. The zero-order valence-electron chi connectivity index (χ0n) is 10.5. The van der Waals surface area contributed by atoms with Gasteiger partial charge < -0.3 is 5.11 Å². The molecular formula is C11H15FN2O4S. The van der Waals surface area contributed by atoms with Crippen LogP contribution in [0.2, 0.25) is 0 Å². The molecule has 1 aromatic heterocycles. The van der Waals surface area contributed by atoms with Crippen molar-refractivity contribution in [1.82, 2.24) is 9.71 Å². The van der Waals surface area contributed by atoms with Gasteiger partial charge in [0.1, 0.15) is 6.04 Å². The first-order valence-electron chi connectivity index (χ1n) is 5.59. The summed E-state index contributed by atoms with van der Waals surface area (Å²) in [6.45, 7) is 3.51. The van der Waals surface area contributed by atoms with E-state index in [0.29, 0.717) is 0 Å². The standard InChI is InChI=1S/C11H15FN2O4S/c1-7(2)6-9(11(15)16)14-19(17,18)10-8(12)4-3-5-13-10/h3-5,7,9,14H,6H2,1-2H3,(H,15,16). The number of aliphatic carboxylic acids is 1. The summed E-state index contributed by atoms with van der Waals surface area (Å²) >= 11 is 0. The van der Waals surface area contributed by atoms with E-state index in [4.69, 9.17) is 5.11 Å². The second-order valence-electron chi connectivity index (χ2n) is 4.43. The molecule has 1 heterocycles. The molecule has 0 bridgehead atoms. The summed E-state index contributed by atoms with van der Waals surface area (Å²) in [5.74, 6) is -2.37. The van der Waals surface area contributed by atoms with Crippen LogP contribution < -0.4 is 4.72 Å². The average molecular weight is 290 g/mol. The Labute approximate surface area is 110 Å². The number of carbonyl (C=O) groups is 1. The lowest BCUT2D eigenvalue weighted by Crippen LogP contribution is -2.42. The second kappa shape index (κ2) is 6.07. The number of pyridine rings is 1. The minimum atomic E-state index is -4.30. The van der Waals surface area contributed by atoms with E-state index in [1.807, 2.05) is 4.72 Å². The van der Waals surface area contributed by atoms with E-state index >= 15 is 0 Å². The Bertz CT molecular complexity index is 560. The summed E-state index contributed by atoms with van der Waals surface area (Å²) in [4.78, 5) is 14.4. The van der Waals surface area contributed by atoms with Gasteiger partial charge in [-0.1, -0.05) is 13.8 Å². The third-order valence-electron chi connectivity index (χ3n) is 2.28. The number of nitrogens with zero attached hydrogens (tertiary/aromatic N) is 1. The number of carboxylic acid groups (broad SMARTS) is 1. The molecule has 6 nitrogen and oxygen atoms in total. The number of sulfonamides is 1. The molecule has 1 unspecified atom stereocenters. The van der Waals surface area contributed by atoms with Crippen LogP contribution in [0, 0.1) is 11.7 Å². The Kier molecular flexibility index (Phi) is 4.96. The first kappa shape index (κ1) is 15.5. The van der Waals surface area contributed by atoms with Gasteiger partial charge in [0.15, 0.2) is 5.82 Å². The van der Waals surface area contributed by atoms with Crippen molar-refractivity contribution in [2.24, 2.45) is 5.92 Å². The summed E-state index contributed by atoms with van der Waals surface area (Å²) in [5.41, 5.74) is 0. The van der Waals surface area contributed by atoms with Crippen molar-refractivity contribution in [2.45, 2.75) is 31.3 Å². The lowest BCUT2D eigenvalue weighted by molar-refractivity contribution is -0.139. The Morgan fingerprint density at radius 1 is 1.53 bits per heavy atom. The summed E-state index contributed by atoms with van der Waals surface area (Å²) < 4.78 is 39.1. The van der Waals surface area contributed by atoms with Gasteiger partial charge in [-0.05, 0) is 24.5 Å². The molecule has 19 heavy (non-hydrogen) atoms. The van der Waals surface area contributed by atoms with Crippen molar-refractivity contribution in [1.29, 1.82) is 0 Å². The number of halogens is 1. The average Bonchev–Trinajstić information content (AvgIpc) is 2.27. The highest BCUT2D eigenvalue weighted by atomic mass is 32.2. The third-order valence-corrected chi connectivity index (χ3v) is 3.69. The molecule has 0 fully saturated rings. The fourth-order valence-electron chi connectivity index (χ4n) is 1.48. The van der Waals surface area contributed by atoms with Gasteiger partial charge in [0, 0.05) is 6.20 Å². The Hall–Kier alpha value is -1.54. The van der Waals surface area contributed by atoms with Crippen LogP contribution in [0.25, 0.3) is 0 Å². The quantitative estimate of drug-likeness (QED) is 0.814. The van der Waals surface area contributed by atoms with E-state index in [2.05, 4.69) is 4.98 Å². The van der Waals surface area contributed by atoms with Crippen molar-refractivity contribution in [3.05, 3.63) is 24.1 Å². The highest BCUT2D eigenvalue weighted by molar-refractivity contribution is 7.89. The SMILES string of the molecule is CC(C)CC(NS(=O)(=O)c1ncccc1F)C(=O)O. The molecule has 0 aliphatic heterocycles. The van der Waals surface area contributed by atoms with Crippen molar-refractivity contribution in [3.8, 4) is 0 Å². The molecule has 0 spiro atoms. The molecule has 0 aliphatic rings. The van der Waals surface area contributed by atoms with Crippen molar-refractivity contribution in [2.75, 3.05) is 0 Å². The molecule has 8 heteroatoms. The number of hydrogen-bond acceptors (Lipinski definition) is 4. The highest BCUT2D eigenvalue weighted by Gasteiger charge is 2.28. The second-order valence-corrected chi connectivity index (χ2v) is 6.06. The number of nitrogens with one attached hydrogen (secondary N) is 1. The maximum absolute atomic E-state index is 13.4. The highest BCUT2D eigenvalue weighted by Crippen LogP contribution is 2.13. The lowest BCUT2D eigenvalue weighted by Gasteiger charge is -2.16. The first-order chi connectivity index (χ1) is 8.74. The summed E-state index contributed by atoms with van der Waals surface area (Å²) in [7, 11) is -4.30. The molecule has 0 amide bonds. The minimum absolute atomic E-state index is 0.0302. The normalized spacial score (nSPS) is 13.5. The van der Waals surface area contributed by atoms with Gasteiger partial charge in [-0.2, -0.15) is 4.72 Å². The van der Waals surface area contributed by atoms with Crippen molar-refractivity contribution >= 4 is 16.0 Å². The molecule has 0 aromatic carbocycles. The topological polar surface area (TPSA) is 96.4 Å². The molecule has 0 saturated carbocycles. The monoisotopic (exact) mass is 290 g/mol. The van der Waals surface area contributed by atoms with E-state index < -0.39 is 32.9 Å². The summed E-state index contributed by atoms with van der Waals surface area (Å²) in [5, 5.41) is 8.16. The van der Waals surface area contributed by atoms with Gasteiger partial charge in [-0.25, -0.2) is 17.8 Å². The summed E-state index contributed by atoms with van der Waals surface area (Å²) in [6, 6.07) is 0.878. The third kappa shape index (κ3) is 4.25. The van der Waals surface area contributed by atoms with E-state index in [0.717, 1.165) is 12.3 Å². The maximum atomic E-state index is 13.4.